The Morgan fingerprint density at radius 1 is 1.56 bits per heavy atom. The normalized spacial score (nSPS) is 12.2. The van der Waals surface area contributed by atoms with Gasteiger partial charge in [-0.3, -0.25) is 5.32 Å². The molecule has 4 N–H and O–H groups in total. The highest BCUT2D eigenvalue weighted by Crippen LogP contribution is 2.15. The van der Waals surface area contributed by atoms with E-state index in [1.165, 1.54) is 25.5 Å². The zero-order valence-electron chi connectivity index (χ0n) is 9.16. The summed E-state index contributed by atoms with van der Waals surface area (Å²) in [5, 5.41) is 9.87. The van der Waals surface area contributed by atoms with E-state index in [0.717, 1.165) is 5.56 Å². The fraction of sp³-hybridized carbons (Fsp3) is 0.364. The molecular formula is C11H16FN3O. The number of methoxy groups -OCH3 is 1. The lowest BCUT2D eigenvalue weighted by Crippen LogP contribution is -2.37. The zero-order chi connectivity index (χ0) is 12.0. The van der Waals surface area contributed by atoms with E-state index in [2.05, 4.69) is 5.32 Å². The van der Waals surface area contributed by atoms with Gasteiger partial charge in [-0.25, -0.2) is 4.39 Å². The molecule has 0 radical (unpaired) electrons. The van der Waals surface area contributed by atoms with Crippen molar-refractivity contribution in [3.05, 3.63) is 29.6 Å². The van der Waals surface area contributed by atoms with E-state index >= 15 is 0 Å². The first-order valence-corrected chi connectivity index (χ1v) is 4.97. The van der Waals surface area contributed by atoms with Gasteiger partial charge < -0.3 is 15.9 Å². The molecule has 1 aromatic carbocycles. The first kappa shape index (κ1) is 12.6. The van der Waals surface area contributed by atoms with Crippen molar-refractivity contribution in [2.24, 2.45) is 5.73 Å². The molecule has 5 heteroatoms. The quantitative estimate of drug-likeness (QED) is 0.504. The summed E-state index contributed by atoms with van der Waals surface area (Å²) in [4.78, 5) is 0. The third-order valence-corrected chi connectivity index (χ3v) is 2.11. The van der Waals surface area contributed by atoms with Crippen molar-refractivity contribution < 1.29 is 9.13 Å². The molecule has 1 rings (SSSR count). The van der Waals surface area contributed by atoms with E-state index in [1.54, 1.807) is 6.07 Å². The zero-order valence-corrected chi connectivity index (χ0v) is 9.16. The molecule has 0 aliphatic heterocycles. The lowest BCUT2D eigenvalue weighted by molar-refractivity contribution is 0.410. The minimum atomic E-state index is -0.336. The number of nitrogens with two attached hydrogens (primary N) is 1. The highest BCUT2D eigenvalue weighted by molar-refractivity contribution is 5.53. The van der Waals surface area contributed by atoms with E-state index in [9.17, 15) is 4.39 Å². The number of rotatable bonds is 6. The van der Waals surface area contributed by atoms with Crippen molar-refractivity contribution in [2.45, 2.75) is 19.1 Å². The Labute approximate surface area is 94.1 Å². The van der Waals surface area contributed by atoms with Crippen molar-refractivity contribution in [1.82, 2.24) is 5.32 Å². The van der Waals surface area contributed by atoms with Crippen molar-refractivity contribution >= 4 is 6.21 Å². The Morgan fingerprint density at radius 2 is 2.31 bits per heavy atom. The second-order valence-electron chi connectivity index (χ2n) is 3.43. The van der Waals surface area contributed by atoms with Crippen LogP contribution in [-0.4, -0.2) is 19.5 Å². The third-order valence-electron chi connectivity index (χ3n) is 2.11. The number of halogens is 1. The van der Waals surface area contributed by atoms with Gasteiger partial charge in [-0.05, 0) is 23.9 Å². The Balaban J connectivity index is 2.59. The molecule has 0 saturated heterocycles. The summed E-state index contributed by atoms with van der Waals surface area (Å²) in [7, 11) is 1.49. The molecule has 0 saturated carbocycles. The topological polar surface area (TPSA) is 71.1 Å². The van der Waals surface area contributed by atoms with Crippen molar-refractivity contribution in [2.75, 3.05) is 7.11 Å². The van der Waals surface area contributed by atoms with Crippen LogP contribution in [0.1, 0.15) is 12.0 Å². The minimum absolute atomic E-state index is 0.285. The van der Waals surface area contributed by atoms with E-state index in [4.69, 9.17) is 15.9 Å². The van der Waals surface area contributed by atoms with Crippen LogP contribution in [0.3, 0.4) is 0 Å². The smallest absolute Gasteiger partial charge is 0.127 e. The first-order chi connectivity index (χ1) is 7.65. The standard InChI is InChI=1S/C11H16FN3O/c1-16-10-5-8(4-9(12)6-10)7-15-11(14)2-3-13/h3-6,11,13,15H,2,7,14H2,1H3. The molecule has 4 nitrogen and oxygen atoms in total. The SMILES string of the molecule is COc1cc(F)cc(CNC(N)CC=N)c1. The number of hydrogen-bond donors (Lipinski definition) is 3. The van der Waals surface area contributed by atoms with Gasteiger partial charge in [-0.2, -0.15) is 0 Å². The monoisotopic (exact) mass is 225 g/mol. The predicted octanol–water partition coefficient (Wildman–Crippen LogP) is 1.25. The summed E-state index contributed by atoms with van der Waals surface area (Å²) < 4.78 is 18.1. The summed E-state index contributed by atoms with van der Waals surface area (Å²) >= 11 is 0. The summed E-state index contributed by atoms with van der Waals surface area (Å²) in [6, 6.07) is 4.49. The van der Waals surface area contributed by atoms with Crippen LogP contribution in [0.15, 0.2) is 18.2 Å². The van der Waals surface area contributed by atoms with E-state index < -0.39 is 0 Å². The van der Waals surface area contributed by atoms with Crippen molar-refractivity contribution in [3.8, 4) is 5.75 Å². The van der Waals surface area contributed by atoms with Gasteiger partial charge in [0.15, 0.2) is 0 Å². The average molecular weight is 225 g/mol. The van der Waals surface area contributed by atoms with Crippen LogP contribution < -0.4 is 15.8 Å². The highest BCUT2D eigenvalue weighted by atomic mass is 19.1. The van der Waals surface area contributed by atoms with Crippen LogP contribution in [-0.2, 0) is 6.54 Å². The second-order valence-corrected chi connectivity index (χ2v) is 3.43. The maximum atomic E-state index is 13.1. The van der Waals surface area contributed by atoms with Gasteiger partial charge in [-0.1, -0.05) is 0 Å². The second kappa shape index (κ2) is 6.19. The molecule has 0 heterocycles. The van der Waals surface area contributed by atoms with Gasteiger partial charge in [-0.15, -0.1) is 0 Å². The van der Waals surface area contributed by atoms with E-state index in [0.29, 0.717) is 18.7 Å². The molecule has 0 spiro atoms. The van der Waals surface area contributed by atoms with Crippen LogP contribution in [0.4, 0.5) is 4.39 Å². The molecule has 0 fully saturated rings. The predicted molar refractivity (Wildman–Crippen MR) is 61.2 cm³/mol. The lowest BCUT2D eigenvalue weighted by atomic mass is 10.2. The van der Waals surface area contributed by atoms with Crippen molar-refractivity contribution in [1.29, 1.82) is 5.41 Å². The number of ether oxygens (including phenoxy) is 1. The van der Waals surface area contributed by atoms with Crippen LogP contribution >= 0.6 is 0 Å². The third kappa shape index (κ3) is 3.96. The van der Waals surface area contributed by atoms with Crippen LogP contribution in [0.5, 0.6) is 5.75 Å². The van der Waals surface area contributed by atoms with Gasteiger partial charge in [0.25, 0.3) is 0 Å². The van der Waals surface area contributed by atoms with E-state index in [-0.39, 0.29) is 12.0 Å². The number of benzene rings is 1. The number of nitrogens with one attached hydrogen (secondary N) is 2. The first-order valence-electron chi connectivity index (χ1n) is 4.97. The maximum Gasteiger partial charge on any atom is 0.127 e. The largest absolute Gasteiger partial charge is 0.497 e. The van der Waals surface area contributed by atoms with E-state index in [1.807, 2.05) is 0 Å². The molecule has 1 atom stereocenters. The van der Waals surface area contributed by atoms with Crippen LogP contribution in [0, 0.1) is 11.2 Å². The summed E-state index contributed by atoms with van der Waals surface area (Å²) in [6.07, 6.45) is 1.41. The van der Waals surface area contributed by atoms with Crippen LogP contribution in [0.25, 0.3) is 0 Å². The highest BCUT2D eigenvalue weighted by Gasteiger charge is 2.03. The molecule has 16 heavy (non-hydrogen) atoms. The Morgan fingerprint density at radius 3 is 2.94 bits per heavy atom. The maximum absolute atomic E-state index is 13.1. The molecule has 1 unspecified atom stereocenters. The van der Waals surface area contributed by atoms with Gasteiger partial charge in [0.2, 0.25) is 0 Å². The molecule has 0 aliphatic carbocycles. The molecule has 88 valence electrons. The fourth-order valence-electron chi connectivity index (χ4n) is 1.30. The molecular weight excluding hydrogens is 209 g/mol. The van der Waals surface area contributed by atoms with Gasteiger partial charge in [0, 0.05) is 19.0 Å². The molecule has 0 bridgehead atoms. The Kier molecular flexibility index (Phi) is 4.88. The molecule has 0 aromatic heterocycles. The van der Waals surface area contributed by atoms with Gasteiger partial charge in [0.05, 0.1) is 13.3 Å². The van der Waals surface area contributed by atoms with Crippen molar-refractivity contribution in [3.63, 3.8) is 0 Å². The fourth-order valence-corrected chi connectivity index (χ4v) is 1.30. The van der Waals surface area contributed by atoms with Crippen LogP contribution in [0.2, 0.25) is 0 Å². The Bertz CT molecular complexity index is 357. The summed E-state index contributed by atoms with van der Waals surface area (Å²) in [5.41, 5.74) is 6.41. The lowest BCUT2D eigenvalue weighted by Gasteiger charge is -2.12. The molecule has 0 aliphatic rings. The summed E-state index contributed by atoms with van der Waals surface area (Å²) in [5.74, 6) is 0.147. The van der Waals surface area contributed by atoms with Gasteiger partial charge in [0.1, 0.15) is 11.6 Å². The molecule has 0 amide bonds. The Hall–Kier alpha value is -1.46. The minimum Gasteiger partial charge on any atom is -0.497 e. The van der Waals surface area contributed by atoms with Gasteiger partial charge >= 0.3 is 0 Å². The number of hydrogen-bond acceptors (Lipinski definition) is 4. The summed E-state index contributed by atoms with van der Waals surface area (Å²) in [6.45, 7) is 0.448. The average Bonchev–Trinajstić information content (AvgIpc) is 2.26. The molecule has 1 aromatic rings.